The Hall–Kier alpha value is -6.07. The van der Waals surface area contributed by atoms with Crippen LogP contribution in [0.2, 0.25) is 0 Å². The average molecular weight is 1120 g/mol. The number of halogens is 4. The number of nitrogens with two attached hydrogens (primary N) is 1. The summed E-state index contributed by atoms with van der Waals surface area (Å²) in [5.41, 5.74) is 8.67. The molecule has 1 aliphatic rings. The lowest BCUT2D eigenvalue weighted by atomic mass is 10.1. The van der Waals surface area contributed by atoms with E-state index in [1.165, 1.54) is 11.3 Å². The number of benzene rings is 2. The van der Waals surface area contributed by atoms with Gasteiger partial charge in [-0.15, -0.1) is 11.3 Å². The lowest BCUT2D eigenvalue weighted by Crippen LogP contribution is -2.34. The van der Waals surface area contributed by atoms with Crippen LogP contribution >= 0.6 is 11.3 Å². The molecule has 2 aromatic carbocycles. The molecule has 1 aliphatic heterocycles. The molecule has 78 heavy (non-hydrogen) atoms. The second-order valence-electron chi connectivity index (χ2n) is 16.2. The SMILES string of the molecule is CCCN(CC#CCNC(=NCCOCCOCCOCCOCCOCCOCCOCCOCCOCCOCCC(=O)Oc1c(F)c(F)cc(F)c1F)Nc1cccc(C#N)c1)C(=O)C1=Cc2sccc2N=C(N)C1. The van der Waals surface area contributed by atoms with Crippen molar-refractivity contribution < 1.29 is 79.3 Å². The van der Waals surface area contributed by atoms with E-state index in [2.05, 4.69) is 43.3 Å². The van der Waals surface area contributed by atoms with E-state index in [0.29, 0.717) is 147 Å². The summed E-state index contributed by atoms with van der Waals surface area (Å²) in [5, 5.41) is 17.7. The minimum atomic E-state index is -1.80. The number of nitrogens with zero attached hydrogens (tertiary/aromatic N) is 4. The van der Waals surface area contributed by atoms with Crippen LogP contribution in [0.5, 0.6) is 5.75 Å². The largest absolute Gasteiger partial charge is 0.420 e. The van der Waals surface area contributed by atoms with Crippen LogP contribution in [0.1, 0.15) is 36.6 Å². The molecule has 4 N–H and O–H groups in total. The normalized spacial score (nSPS) is 12.2. The average Bonchev–Trinajstić information content (AvgIpc) is 3.80. The highest BCUT2D eigenvalue weighted by Crippen LogP contribution is 2.31. The van der Waals surface area contributed by atoms with Crippen LogP contribution in [0.15, 0.2) is 57.3 Å². The number of nitrogens with one attached hydrogen (secondary N) is 2. The molecule has 0 radical (unpaired) electrons. The molecule has 0 aliphatic carbocycles. The quantitative estimate of drug-likeness (QED) is 0.00943. The van der Waals surface area contributed by atoms with Gasteiger partial charge in [-0.1, -0.05) is 24.8 Å². The molecule has 3 aromatic rings. The first-order valence-electron chi connectivity index (χ1n) is 25.3. The fourth-order valence-corrected chi connectivity index (χ4v) is 7.31. The molecule has 0 unspecified atom stereocenters. The highest BCUT2D eigenvalue weighted by molar-refractivity contribution is 7.11. The molecule has 0 saturated carbocycles. The fraction of sp³-hybridized carbons (Fsp3) is 0.528. The number of ether oxygens (including phenoxy) is 11. The van der Waals surface area contributed by atoms with Gasteiger partial charge in [0.2, 0.25) is 17.4 Å². The third kappa shape index (κ3) is 27.0. The van der Waals surface area contributed by atoms with Crippen LogP contribution in [0.3, 0.4) is 0 Å². The van der Waals surface area contributed by atoms with Crippen LogP contribution < -0.4 is 21.1 Å². The lowest BCUT2D eigenvalue weighted by Gasteiger charge is -2.21. The summed E-state index contributed by atoms with van der Waals surface area (Å²) in [4.78, 5) is 36.9. The number of nitriles is 1. The molecular weight excluding hydrogens is 1050 g/mol. The first kappa shape index (κ1) is 64.5. The monoisotopic (exact) mass is 1120 g/mol. The van der Waals surface area contributed by atoms with Crippen LogP contribution in [-0.2, 0) is 57.0 Å². The second kappa shape index (κ2) is 40.2. The number of hydrogen-bond acceptors (Lipinski definition) is 18. The van der Waals surface area contributed by atoms with Crippen molar-refractivity contribution >= 4 is 52.5 Å². The Morgan fingerprint density at radius 1 is 0.731 bits per heavy atom. The maximum atomic E-state index is 13.6. The molecule has 428 valence electrons. The van der Waals surface area contributed by atoms with Crippen molar-refractivity contribution in [1.29, 1.82) is 5.26 Å². The first-order chi connectivity index (χ1) is 38.1. The Kier molecular flexibility index (Phi) is 33.2. The smallest absolute Gasteiger partial charge is 0.313 e. The highest BCUT2D eigenvalue weighted by Gasteiger charge is 2.24. The van der Waals surface area contributed by atoms with Gasteiger partial charge in [-0.05, 0) is 42.1 Å². The Labute approximate surface area is 456 Å². The number of carbonyl (C=O) groups excluding carboxylic acids is 2. The minimum Gasteiger partial charge on any atom is -0.420 e. The molecule has 0 spiro atoms. The number of carbonyl (C=O) groups is 2. The maximum Gasteiger partial charge on any atom is 0.313 e. The molecule has 25 heteroatoms. The topological polar surface area (TPSA) is 238 Å². The van der Waals surface area contributed by atoms with E-state index in [0.717, 1.165) is 17.0 Å². The summed E-state index contributed by atoms with van der Waals surface area (Å²) in [7, 11) is 0. The summed E-state index contributed by atoms with van der Waals surface area (Å²) < 4.78 is 113. The number of aliphatic imine (C=N–C) groups is 2. The summed E-state index contributed by atoms with van der Waals surface area (Å²) in [6, 6.07) is 11.1. The zero-order valence-electron chi connectivity index (χ0n) is 43.8. The Morgan fingerprint density at radius 3 is 1.78 bits per heavy atom. The van der Waals surface area contributed by atoms with Crippen molar-refractivity contribution in [3.05, 3.63) is 81.1 Å². The molecule has 2 heterocycles. The van der Waals surface area contributed by atoms with Gasteiger partial charge < -0.3 is 73.4 Å². The number of hydrogen-bond donors (Lipinski definition) is 3. The highest BCUT2D eigenvalue weighted by atomic mass is 32.1. The fourth-order valence-electron chi connectivity index (χ4n) is 6.53. The number of amidine groups is 1. The number of esters is 1. The van der Waals surface area contributed by atoms with Crippen molar-refractivity contribution in [3.8, 4) is 23.7 Å². The van der Waals surface area contributed by atoms with Crippen molar-refractivity contribution in [2.45, 2.75) is 26.2 Å². The number of thiophene rings is 1. The number of guanidine groups is 1. The molecule has 0 bridgehead atoms. The molecule has 20 nitrogen and oxygen atoms in total. The van der Waals surface area contributed by atoms with Gasteiger partial charge in [-0.25, -0.2) is 13.8 Å². The lowest BCUT2D eigenvalue weighted by molar-refractivity contribution is -0.136. The van der Waals surface area contributed by atoms with Crippen LogP contribution in [-0.4, -0.2) is 187 Å². The van der Waals surface area contributed by atoms with E-state index in [1.807, 2.05) is 30.5 Å². The second-order valence-corrected chi connectivity index (χ2v) is 17.2. The summed E-state index contributed by atoms with van der Waals surface area (Å²) in [6.45, 7) is 10.1. The van der Waals surface area contributed by atoms with E-state index in [4.69, 9.17) is 53.1 Å². The Balaban J connectivity index is 0.903. The predicted molar refractivity (Wildman–Crippen MR) is 283 cm³/mol. The van der Waals surface area contributed by atoms with E-state index in [-0.39, 0.29) is 57.9 Å². The number of rotatable bonds is 40. The molecule has 0 fully saturated rings. The van der Waals surface area contributed by atoms with Crippen molar-refractivity contribution in [3.63, 3.8) is 0 Å². The van der Waals surface area contributed by atoms with Crippen LogP contribution in [0, 0.1) is 46.4 Å². The van der Waals surface area contributed by atoms with Gasteiger partial charge in [0.05, 0.1) is 180 Å². The van der Waals surface area contributed by atoms with Gasteiger partial charge in [0.25, 0.3) is 5.91 Å². The summed E-state index contributed by atoms with van der Waals surface area (Å²) in [6.07, 6.45) is 2.51. The van der Waals surface area contributed by atoms with Gasteiger partial charge in [0.1, 0.15) is 5.84 Å². The Morgan fingerprint density at radius 2 is 1.26 bits per heavy atom. The van der Waals surface area contributed by atoms with Crippen molar-refractivity contribution in [1.82, 2.24) is 10.2 Å². The minimum absolute atomic E-state index is 0.0145. The van der Waals surface area contributed by atoms with Crippen LogP contribution in [0.25, 0.3) is 6.08 Å². The third-order valence-electron chi connectivity index (χ3n) is 10.3. The van der Waals surface area contributed by atoms with Gasteiger partial charge in [0.15, 0.2) is 17.6 Å². The van der Waals surface area contributed by atoms with E-state index in [9.17, 15) is 32.4 Å². The van der Waals surface area contributed by atoms with Crippen LogP contribution in [0.4, 0.5) is 28.9 Å². The summed E-state index contributed by atoms with van der Waals surface area (Å²) in [5.74, 6) is -2.60. The summed E-state index contributed by atoms with van der Waals surface area (Å²) >= 11 is 1.51. The zero-order chi connectivity index (χ0) is 55.8. The number of fused-ring (bicyclic) bond motifs is 1. The molecular formula is C53H69F4N7O13S. The van der Waals surface area contributed by atoms with E-state index in [1.54, 1.807) is 23.1 Å². The molecule has 0 saturated heterocycles. The van der Waals surface area contributed by atoms with E-state index < -0.39 is 41.4 Å². The predicted octanol–water partition coefficient (Wildman–Crippen LogP) is 5.41. The number of amides is 1. The van der Waals surface area contributed by atoms with Crippen molar-refractivity contribution in [2.24, 2.45) is 15.7 Å². The van der Waals surface area contributed by atoms with E-state index >= 15 is 0 Å². The molecule has 1 aromatic heterocycles. The molecule has 4 rings (SSSR count). The van der Waals surface area contributed by atoms with Gasteiger partial charge in [-0.3, -0.25) is 14.6 Å². The molecule has 0 atom stereocenters. The van der Waals surface area contributed by atoms with Crippen molar-refractivity contribution in [2.75, 3.05) is 164 Å². The first-order valence-corrected chi connectivity index (χ1v) is 26.2. The third-order valence-corrected chi connectivity index (χ3v) is 11.1. The zero-order valence-corrected chi connectivity index (χ0v) is 44.6. The molecule has 1 amide bonds. The number of anilines is 1. The van der Waals surface area contributed by atoms with Gasteiger partial charge >= 0.3 is 5.97 Å². The van der Waals surface area contributed by atoms with Gasteiger partial charge in [-0.2, -0.15) is 14.0 Å². The maximum absolute atomic E-state index is 13.6. The Bertz CT molecular complexity index is 2430. The van der Waals surface area contributed by atoms with Gasteiger partial charge in [0, 0.05) is 30.3 Å². The standard InChI is InChI=1S/C53H69F4N7O13S/c1-2-12-64(52(66)41-36-46-45(9-34-78-46)63-47(59)37-41)13-4-3-10-60-53(62-42-7-5-6-40(35-42)39-58)61-11-15-68-17-19-70-21-23-72-25-27-74-29-31-76-33-32-75-30-28-73-26-24-71-22-20-69-18-16-67-14-8-48(65)77-51-49(56)43(54)38-44(55)50(51)57/h5-7,9,34-36,38H,2,8,10-33,37H2,1H3,(H2,59,63)(H2,60,61,62).